The Morgan fingerprint density at radius 3 is 2.84 bits per heavy atom. The summed E-state index contributed by atoms with van der Waals surface area (Å²) >= 11 is 0. The molecule has 2 aromatic heterocycles. The molecular formula is C21H19F3N4O3. The molecule has 3 aromatic rings. The summed E-state index contributed by atoms with van der Waals surface area (Å²) in [5.41, 5.74) is 1.58. The molecule has 1 amide bonds. The van der Waals surface area contributed by atoms with Crippen LogP contribution in [0.1, 0.15) is 40.6 Å². The van der Waals surface area contributed by atoms with E-state index in [0.717, 1.165) is 18.4 Å². The van der Waals surface area contributed by atoms with Gasteiger partial charge in [0.05, 0.1) is 7.11 Å². The summed E-state index contributed by atoms with van der Waals surface area (Å²) in [7, 11) is 1.54. The number of hydrogen-bond acceptors (Lipinski definition) is 6. The third-order valence-corrected chi connectivity index (χ3v) is 5.18. The lowest BCUT2D eigenvalue weighted by Gasteiger charge is -2.33. The molecule has 10 heteroatoms. The Bertz CT molecular complexity index is 1080. The van der Waals surface area contributed by atoms with Crippen LogP contribution in [0.2, 0.25) is 0 Å². The second-order valence-corrected chi connectivity index (χ2v) is 7.22. The summed E-state index contributed by atoms with van der Waals surface area (Å²) in [4.78, 5) is 22.2. The summed E-state index contributed by atoms with van der Waals surface area (Å²) in [6, 6.07) is 10.4. The lowest BCUT2D eigenvalue weighted by Crippen LogP contribution is -2.39. The Balaban J connectivity index is 1.53. The van der Waals surface area contributed by atoms with Gasteiger partial charge in [0.2, 0.25) is 5.82 Å². The maximum absolute atomic E-state index is 12.9. The van der Waals surface area contributed by atoms with E-state index in [9.17, 15) is 18.0 Å². The van der Waals surface area contributed by atoms with Gasteiger partial charge < -0.3 is 14.2 Å². The van der Waals surface area contributed by atoms with Gasteiger partial charge >= 0.3 is 12.1 Å². The largest absolute Gasteiger partial charge is 0.497 e. The van der Waals surface area contributed by atoms with Crippen LogP contribution in [0.5, 0.6) is 5.75 Å². The maximum Gasteiger partial charge on any atom is 0.471 e. The van der Waals surface area contributed by atoms with E-state index >= 15 is 0 Å². The molecule has 3 heterocycles. The van der Waals surface area contributed by atoms with Crippen LogP contribution in [0.25, 0.3) is 11.5 Å². The van der Waals surface area contributed by atoms with Crippen LogP contribution in [-0.4, -0.2) is 46.1 Å². The highest BCUT2D eigenvalue weighted by Gasteiger charge is 2.38. The van der Waals surface area contributed by atoms with Gasteiger partial charge in [0.25, 0.3) is 5.91 Å². The van der Waals surface area contributed by atoms with Crippen molar-refractivity contribution < 1.29 is 27.2 Å². The van der Waals surface area contributed by atoms with Gasteiger partial charge in [0.15, 0.2) is 0 Å². The van der Waals surface area contributed by atoms with E-state index in [0.29, 0.717) is 24.4 Å². The number of ether oxygens (including phenoxy) is 1. The Morgan fingerprint density at radius 2 is 2.10 bits per heavy atom. The lowest BCUT2D eigenvalue weighted by atomic mass is 9.90. The maximum atomic E-state index is 12.9. The first-order chi connectivity index (χ1) is 14.8. The van der Waals surface area contributed by atoms with Crippen molar-refractivity contribution in [3.63, 3.8) is 0 Å². The molecule has 1 atom stereocenters. The van der Waals surface area contributed by atoms with Crippen LogP contribution in [-0.2, 0) is 6.18 Å². The molecule has 1 aliphatic heterocycles. The standard InChI is InChI=1S/C21H19F3N4O3/c1-30-16-6-2-4-14(10-16)19(29)28-9-3-5-15(12-28)13-7-8-25-17(11-13)18-26-20(31-27-18)21(22,23)24/h2,4,6-8,10-11,15H,3,5,9,12H2,1H3/t15-/m0/s1. The van der Waals surface area contributed by atoms with Crippen molar-refractivity contribution >= 4 is 5.91 Å². The molecule has 4 rings (SSSR count). The van der Waals surface area contributed by atoms with Gasteiger partial charge in [0, 0.05) is 30.8 Å². The molecule has 0 spiro atoms. The monoisotopic (exact) mass is 432 g/mol. The second kappa shape index (κ2) is 8.37. The van der Waals surface area contributed by atoms with E-state index < -0.39 is 12.1 Å². The van der Waals surface area contributed by atoms with Crippen molar-refractivity contribution in [2.45, 2.75) is 24.9 Å². The number of nitrogens with zero attached hydrogens (tertiary/aromatic N) is 4. The lowest BCUT2D eigenvalue weighted by molar-refractivity contribution is -0.159. The fraction of sp³-hybridized carbons (Fsp3) is 0.333. The van der Waals surface area contributed by atoms with E-state index in [4.69, 9.17) is 4.74 Å². The molecule has 1 aliphatic rings. The summed E-state index contributed by atoms with van der Waals surface area (Å²) in [5, 5.41) is 3.39. The van der Waals surface area contributed by atoms with Crippen molar-refractivity contribution in [3.05, 3.63) is 59.6 Å². The van der Waals surface area contributed by atoms with Crippen LogP contribution >= 0.6 is 0 Å². The first-order valence-corrected chi connectivity index (χ1v) is 9.65. The summed E-state index contributed by atoms with van der Waals surface area (Å²) in [6.07, 6.45) is -1.58. The second-order valence-electron chi connectivity index (χ2n) is 7.22. The SMILES string of the molecule is COc1cccc(C(=O)N2CCC[C@H](c3ccnc(-c4noc(C(F)(F)F)n4)c3)C2)c1. The van der Waals surface area contributed by atoms with Gasteiger partial charge in [-0.15, -0.1) is 0 Å². The highest BCUT2D eigenvalue weighted by Crippen LogP contribution is 2.31. The van der Waals surface area contributed by atoms with Crippen LogP contribution in [0.3, 0.4) is 0 Å². The zero-order valence-corrected chi connectivity index (χ0v) is 16.6. The molecule has 0 saturated carbocycles. The van der Waals surface area contributed by atoms with E-state index in [2.05, 4.69) is 19.6 Å². The van der Waals surface area contributed by atoms with Gasteiger partial charge in [-0.05, 0) is 48.7 Å². The van der Waals surface area contributed by atoms with Gasteiger partial charge in [0.1, 0.15) is 11.4 Å². The van der Waals surface area contributed by atoms with Gasteiger partial charge in [-0.1, -0.05) is 11.2 Å². The predicted octanol–water partition coefficient (Wildman–Crippen LogP) is 4.18. The number of hydrogen-bond donors (Lipinski definition) is 0. The van der Waals surface area contributed by atoms with Gasteiger partial charge in [-0.25, -0.2) is 0 Å². The summed E-state index contributed by atoms with van der Waals surface area (Å²) in [6.45, 7) is 1.11. The number of aromatic nitrogens is 3. The Kier molecular flexibility index (Phi) is 5.62. The quantitative estimate of drug-likeness (QED) is 0.615. The minimum absolute atomic E-state index is 0.0130. The van der Waals surface area contributed by atoms with Crippen molar-refractivity contribution in [1.29, 1.82) is 0 Å². The number of benzene rings is 1. The molecular weight excluding hydrogens is 413 g/mol. The Hall–Kier alpha value is -3.43. The Labute approximate surface area is 175 Å². The molecule has 0 unspecified atom stereocenters. The number of carbonyl (C=O) groups is 1. The average molecular weight is 432 g/mol. The molecule has 7 nitrogen and oxygen atoms in total. The fourth-order valence-corrected chi connectivity index (χ4v) is 3.64. The normalized spacial score (nSPS) is 16.9. The molecule has 1 saturated heterocycles. The number of pyridine rings is 1. The van der Waals surface area contributed by atoms with Crippen LogP contribution < -0.4 is 4.74 Å². The number of rotatable bonds is 4. The third kappa shape index (κ3) is 4.52. The molecule has 0 radical (unpaired) electrons. The number of piperidine rings is 1. The van der Waals surface area contributed by atoms with Crippen molar-refractivity contribution in [2.75, 3.05) is 20.2 Å². The molecule has 1 aromatic carbocycles. The first-order valence-electron chi connectivity index (χ1n) is 9.65. The van der Waals surface area contributed by atoms with E-state index in [1.165, 1.54) is 6.20 Å². The number of carbonyl (C=O) groups excluding carboxylic acids is 1. The zero-order chi connectivity index (χ0) is 22.0. The van der Waals surface area contributed by atoms with Gasteiger partial charge in [-0.2, -0.15) is 18.2 Å². The fourth-order valence-electron chi connectivity index (χ4n) is 3.64. The predicted molar refractivity (Wildman–Crippen MR) is 103 cm³/mol. The number of alkyl halides is 3. The van der Waals surface area contributed by atoms with Crippen LogP contribution in [0.15, 0.2) is 47.1 Å². The first kappa shape index (κ1) is 20.8. The van der Waals surface area contributed by atoms with Gasteiger partial charge in [-0.3, -0.25) is 9.78 Å². The topological polar surface area (TPSA) is 81.4 Å². The molecule has 1 fully saturated rings. The number of methoxy groups -OCH3 is 1. The average Bonchev–Trinajstić information content (AvgIpc) is 3.30. The van der Waals surface area contributed by atoms with E-state index in [-0.39, 0.29) is 23.3 Å². The van der Waals surface area contributed by atoms with Crippen molar-refractivity contribution in [1.82, 2.24) is 20.0 Å². The van der Waals surface area contributed by atoms with Crippen LogP contribution in [0.4, 0.5) is 13.2 Å². The molecule has 0 N–H and O–H groups in total. The van der Waals surface area contributed by atoms with E-state index in [1.54, 1.807) is 48.4 Å². The molecule has 0 aliphatic carbocycles. The number of halogens is 3. The minimum atomic E-state index is -4.72. The molecule has 31 heavy (non-hydrogen) atoms. The minimum Gasteiger partial charge on any atom is -0.497 e. The highest BCUT2D eigenvalue weighted by molar-refractivity contribution is 5.94. The van der Waals surface area contributed by atoms with Crippen molar-refractivity contribution in [2.24, 2.45) is 0 Å². The number of amides is 1. The van der Waals surface area contributed by atoms with E-state index in [1.807, 2.05) is 0 Å². The zero-order valence-electron chi connectivity index (χ0n) is 16.6. The summed E-state index contributed by atoms with van der Waals surface area (Å²) in [5.74, 6) is -1.11. The van der Waals surface area contributed by atoms with Crippen molar-refractivity contribution in [3.8, 4) is 17.3 Å². The van der Waals surface area contributed by atoms with Crippen LogP contribution in [0, 0.1) is 0 Å². The highest BCUT2D eigenvalue weighted by atomic mass is 19.4. The number of likely N-dealkylation sites (tertiary alicyclic amines) is 1. The molecule has 162 valence electrons. The smallest absolute Gasteiger partial charge is 0.471 e. The summed E-state index contributed by atoms with van der Waals surface area (Å²) < 4.78 is 47.7. The third-order valence-electron chi connectivity index (χ3n) is 5.18. The Morgan fingerprint density at radius 1 is 1.26 bits per heavy atom. The molecule has 0 bridgehead atoms.